The van der Waals surface area contributed by atoms with Crippen molar-refractivity contribution in [1.82, 2.24) is 35.0 Å². The van der Waals surface area contributed by atoms with E-state index >= 15 is 0 Å². The normalized spacial score (nSPS) is 14.1. The third kappa shape index (κ3) is 7.61. The first-order chi connectivity index (χ1) is 21.2. The lowest BCUT2D eigenvalue weighted by Crippen LogP contribution is -2.32. The molecule has 1 aliphatic heterocycles. The summed E-state index contributed by atoms with van der Waals surface area (Å²) in [6, 6.07) is 24.6. The molecule has 10 nitrogen and oxygen atoms in total. The highest BCUT2D eigenvalue weighted by Crippen LogP contribution is 2.31. The van der Waals surface area contributed by atoms with Gasteiger partial charge in [-0.05, 0) is 49.2 Å². The van der Waals surface area contributed by atoms with Crippen LogP contribution in [0.2, 0.25) is 0 Å². The van der Waals surface area contributed by atoms with Crippen molar-refractivity contribution in [3.8, 4) is 33.9 Å². The Morgan fingerprint density at radius 1 is 0.932 bits per heavy atom. The molecule has 0 spiro atoms. The summed E-state index contributed by atoms with van der Waals surface area (Å²) >= 11 is 0. The van der Waals surface area contributed by atoms with E-state index in [1.807, 2.05) is 36.4 Å². The highest BCUT2D eigenvalue weighted by molar-refractivity contribution is 5.80. The lowest BCUT2D eigenvalue weighted by Gasteiger charge is -2.31. The highest BCUT2D eigenvalue weighted by atomic mass is 19.4. The van der Waals surface area contributed by atoms with Crippen LogP contribution in [0.4, 0.5) is 19.1 Å². The first-order valence-electron chi connectivity index (χ1n) is 13.8. The van der Waals surface area contributed by atoms with Gasteiger partial charge in [0.2, 0.25) is 5.95 Å². The molecule has 1 fully saturated rings. The number of halogens is 3. The van der Waals surface area contributed by atoms with Crippen molar-refractivity contribution in [2.45, 2.75) is 31.5 Å². The van der Waals surface area contributed by atoms with Crippen molar-refractivity contribution in [2.75, 3.05) is 18.8 Å². The molecule has 44 heavy (non-hydrogen) atoms. The molecule has 4 N–H and O–H groups in total. The average molecular weight is 603 g/mol. The predicted molar refractivity (Wildman–Crippen MR) is 158 cm³/mol. The Labute approximate surface area is 250 Å². The van der Waals surface area contributed by atoms with E-state index in [-0.39, 0.29) is 5.95 Å². The van der Waals surface area contributed by atoms with Crippen LogP contribution in [0.1, 0.15) is 30.1 Å². The second kappa shape index (κ2) is 13.4. The largest absolute Gasteiger partial charge is 0.490 e. The molecule has 0 unspecified atom stereocenters. The summed E-state index contributed by atoms with van der Waals surface area (Å²) in [6.45, 7) is 2.96. The van der Waals surface area contributed by atoms with Crippen LogP contribution in [-0.4, -0.2) is 65.4 Å². The monoisotopic (exact) mass is 602 g/mol. The first kappa shape index (κ1) is 30.3. The van der Waals surface area contributed by atoms with Crippen molar-refractivity contribution in [2.24, 2.45) is 0 Å². The number of aromatic amines is 1. The minimum Gasteiger partial charge on any atom is -0.475 e. The topological polar surface area (TPSA) is 147 Å². The zero-order valence-electron chi connectivity index (χ0n) is 23.4. The minimum atomic E-state index is -5.08. The maximum Gasteiger partial charge on any atom is 0.490 e. The summed E-state index contributed by atoms with van der Waals surface area (Å²) in [5.41, 5.74) is 11.9. The van der Waals surface area contributed by atoms with E-state index in [4.69, 9.17) is 20.6 Å². The van der Waals surface area contributed by atoms with Gasteiger partial charge in [0.25, 0.3) is 0 Å². The molecule has 6 rings (SSSR count). The number of hydrogen-bond donors (Lipinski definition) is 3. The molecule has 3 aromatic heterocycles. The van der Waals surface area contributed by atoms with Crippen molar-refractivity contribution in [1.29, 1.82) is 0 Å². The van der Waals surface area contributed by atoms with Gasteiger partial charge in [0, 0.05) is 36.0 Å². The van der Waals surface area contributed by atoms with Crippen molar-refractivity contribution in [3.63, 3.8) is 0 Å². The number of carboxylic acid groups (broad SMARTS) is 1. The average Bonchev–Trinajstić information content (AvgIpc) is 3.53. The van der Waals surface area contributed by atoms with Gasteiger partial charge < -0.3 is 10.8 Å². The van der Waals surface area contributed by atoms with E-state index in [9.17, 15) is 13.2 Å². The van der Waals surface area contributed by atoms with E-state index in [0.717, 1.165) is 66.4 Å². The Morgan fingerprint density at radius 3 is 2.25 bits per heavy atom. The van der Waals surface area contributed by atoms with Gasteiger partial charge in [-0.3, -0.25) is 15.0 Å². The molecule has 0 aliphatic carbocycles. The van der Waals surface area contributed by atoms with E-state index in [1.54, 1.807) is 12.4 Å². The van der Waals surface area contributed by atoms with Crippen LogP contribution in [0.3, 0.4) is 0 Å². The Kier molecular flexibility index (Phi) is 9.24. The molecule has 2 aromatic carbocycles. The number of hydrogen-bond acceptors (Lipinski definition) is 8. The molecule has 0 amide bonds. The number of nitrogens with one attached hydrogen (secondary N) is 1. The second-order valence-electron chi connectivity index (χ2n) is 10.2. The molecule has 0 atom stereocenters. The van der Waals surface area contributed by atoms with Crippen LogP contribution >= 0.6 is 0 Å². The van der Waals surface area contributed by atoms with Crippen LogP contribution in [0.15, 0.2) is 85.2 Å². The Morgan fingerprint density at radius 2 is 1.61 bits per heavy atom. The fourth-order valence-corrected chi connectivity index (χ4v) is 4.90. The quantitative estimate of drug-likeness (QED) is 0.226. The van der Waals surface area contributed by atoms with Gasteiger partial charge in [0.1, 0.15) is 11.5 Å². The molecular formula is C31H29F3N8O2. The van der Waals surface area contributed by atoms with Gasteiger partial charge >= 0.3 is 12.1 Å². The second-order valence-corrected chi connectivity index (χ2v) is 10.2. The third-order valence-electron chi connectivity index (χ3n) is 7.14. The van der Waals surface area contributed by atoms with Crippen LogP contribution in [-0.2, 0) is 11.3 Å². The Balaban J connectivity index is 0.000000493. The number of rotatable bonds is 6. The van der Waals surface area contributed by atoms with E-state index < -0.39 is 12.1 Å². The maximum atomic E-state index is 10.6. The fraction of sp³-hybridized carbons (Fsp3) is 0.226. The number of pyridine rings is 1. The molecule has 1 saturated heterocycles. The molecule has 1 aliphatic rings. The van der Waals surface area contributed by atoms with Crippen LogP contribution < -0.4 is 5.73 Å². The molecule has 0 saturated carbocycles. The Hall–Kier alpha value is -5.17. The lowest BCUT2D eigenvalue weighted by atomic mass is 9.95. The van der Waals surface area contributed by atoms with Gasteiger partial charge in [-0.2, -0.15) is 18.3 Å². The number of piperidine rings is 1. The zero-order valence-corrected chi connectivity index (χ0v) is 23.4. The number of nitrogen functional groups attached to an aromatic ring is 1. The number of nitrogens with two attached hydrogens (primary N) is 1. The molecule has 226 valence electrons. The zero-order chi connectivity index (χ0) is 31.1. The molecule has 4 heterocycles. The number of aliphatic carboxylic acids is 1. The van der Waals surface area contributed by atoms with E-state index in [0.29, 0.717) is 11.7 Å². The number of alkyl halides is 3. The van der Waals surface area contributed by atoms with Gasteiger partial charge in [-0.1, -0.05) is 60.7 Å². The molecule has 0 bridgehead atoms. The van der Waals surface area contributed by atoms with E-state index in [2.05, 4.69) is 66.4 Å². The highest BCUT2D eigenvalue weighted by Gasteiger charge is 2.38. The van der Waals surface area contributed by atoms with Gasteiger partial charge in [0.05, 0.1) is 5.69 Å². The molecule has 0 radical (unpaired) electrons. The number of benzene rings is 2. The summed E-state index contributed by atoms with van der Waals surface area (Å²) in [6.07, 6.45) is 0.589. The number of anilines is 1. The van der Waals surface area contributed by atoms with Crippen LogP contribution in [0.5, 0.6) is 0 Å². The molecular weight excluding hydrogens is 573 g/mol. The SMILES string of the molecule is Nc1ncc(-c2ccccc2)c(-c2ccc(CN3CCC(c4nc(-c5ccccn5)n[nH]4)CC3)cc2)n1.O=C(O)C(F)(F)F. The number of carbonyl (C=O) groups is 1. The van der Waals surface area contributed by atoms with Gasteiger partial charge in [-0.25, -0.2) is 19.7 Å². The summed E-state index contributed by atoms with van der Waals surface area (Å²) < 4.78 is 31.7. The smallest absolute Gasteiger partial charge is 0.475 e. The van der Waals surface area contributed by atoms with E-state index in [1.165, 1.54) is 5.56 Å². The number of H-pyrrole nitrogens is 1. The minimum absolute atomic E-state index is 0.278. The molecule has 13 heteroatoms. The number of nitrogens with zero attached hydrogens (tertiary/aromatic N) is 6. The summed E-state index contributed by atoms with van der Waals surface area (Å²) in [4.78, 5) is 29.3. The lowest BCUT2D eigenvalue weighted by molar-refractivity contribution is -0.192. The summed E-state index contributed by atoms with van der Waals surface area (Å²) in [5, 5.41) is 14.7. The maximum absolute atomic E-state index is 10.6. The Bertz CT molecular complexity index is 1670. The van der Waals surface area contributed by atoms with Crippen molar-refractivity contribution >= 4 is 11.9 Å². The third-order valence-corrected chi connectivity index (χ3v) is 7.14. The summed E-state index contributed by atoms with van der Waals surface area (Å²) in [5.74, 6) is -0.460. The molecule has 5 aromatic rings. The van der Waals surface area contributed by atoms with Crippen molar-refractivity contribution < 1.29 is 23.1 Å². The van der Waals surface area contributed by atoms with Crippen LogP contribution in [0.25, 0.3) is 33.9 Å². The van der Waals surface area contributed by atoms with Crippen molar-refractivity contribution in [3.05, 3.63) is 96.6 Å². The number of likely N-dealkylation sites (tertiary alicyclic amines) is 1. The fourth-order valence-electron chi connectivity index (χ4n) is 4.90. The first-order valence-corrected chi connectivity index (χ1v) is 13.8. The number of aromatic nitrogens is 6. The standard InChI is InChI=1S/C29H28N8.C2HF3O2/c30-29-32-18-24(21-6-2-1-3-7-21)26(33-29)22-11-9-20(10-12-22)19-37-16-13-23(14-17-37)27-34-28(36-35-27)25-8-4-5-15-31-25;3-2(4,5)1(6)7/h1-12,15,18,23H,13-14,16-17,19H2,(H2,30,32,33)(H,34,35,36);(H,6,7). The predicted octanol–water partition coefficient (Wildman–Crippen LogP) is 5.59. The summed E-state index contributed by atoms with van der Waals surface area (Å²) in [7, 11) is 0. The van der Waals surface area contributed by atoms with Gasteiger partial charge in [-0.15, -0.1) is 0 Å². The number of carboxylic acids is 1. The van der Waals surface area contributed by atoms with Gasteiger partial charge in [0.15, 0.2) is 5.82 Å². The van der Waals surface area contributed by atoms with Crippen LogP contribution in [0, 0.1) is 0 Å².